The molecule has 5 nitrogen and oxygen atoms in total. The molecule has 5 heteroatoms. The molecule has 0 saturated heterocycles. The minimum Gasteiger partial charge on any atom is -0.444 e. The highest BCUT2D eigenvalue weighted by atomic mass is 16.3. The third-order valence-electron chi connectivity index (χ3n) is 2.82. The van der Waals surface area contributed by atoms with E-state index >= 15 is 0 Å². The zero-order valence-corrected chi connectivity index (χ0v) is 10.6. The first kappa shape index (κ1) is 11.5. The molecule has 0 bridgehead atoms. The summed E-state index contributed by atoms with van der Waals surface area (Å²) in [6.07, 6.45) is 4.98. The Balaban J connectivity index is 1.73. The summed E-state index contributed by atoms with van der Waals surface area (Å²) in [6.45, 7) is 2.65. The fourth-order valence-electron chi connectivity index (χ4n) is 1.90. The number of anilines is 1. The summed E-state index contributed by atoms with van der Waals surface area (Å²) in [4.78, 5) is 11.3. The van der Waals surface area contributed by atoms with Gasteiger partial charge in [0.05, 0.1) is 24.6 Å². The average Bonchev–Trinajstić information content (AvgIpc) is 3.08. The molecule has 0 saturated carbocycles. The van der Waals surface area contributed by atoms with Crippen molar-refractivity contribution in [2.45, 2.75) is 13.5 Å². The molecule has 0 unspecified atom stereocenters. The van der Waals surface area contributed by atoms with Gasteiger partial charge in [-0.15, -0.1) is 0 Å². The number of benzene rings is 1. The number of aryl methyl sites for hydroxylation is 1. The first-order valence-electron chi connectivity index (χ1n) is 6.04. The van der Waals surface area contributed by atoms with Gasteiger partial charge in [-0.2, -0.15) is 0 Å². The van der Waals surface area contributed by atoms with Gasteiger partial charge in [0.2, 0.25) is 0 Å². The van der Waals surface area contributed by atoms with Crippen LogP contribution in [0.15, 0.2) is 47.5 Å². The van der Waals surface area contributed by atoms with Crippen LogP contribution in [0.1, 0.15) is 11.5 Å². The maximum absolute atomic E-state index is 5.29. The van der Waals surface area contributed by atoms with Crippen molar-refractivity contribution < 1.29 is 4.42 Å². The lowest BCUT2D eigenvalue weighted by Gasteiger charge is -2.06. The highest BCUT2D eigenvalue weighted by Crippen LogP contribution is 2.22. The number of aromatic amines is 1. The number of oxazole rings is 1. The van der Waals surface area contributed by atoms with Crippen molar-refractivity contribution in [3.05, 3.63) is 54.6 Å². The van der Waals surface area contributed by atoms with E-state index < -0.39 is 0 Å². The maximum Gasteiger partial charge on any atom is 0.181 e. The van der Waals surface area contributed by atoms with Crippen LogP contribution in [0.25, 0.3) is 11.3 Å². The first-order valence-corrected chi connectivity index (χ1v) is 6.04. The zero-order chi connectivity index (χ0) is 13.1. The van der Waals surface area contributed by atoms with Crippen molar-refractivity contribution >= 4 is 5.69 Å². The first-order chi connectivity index (χ1) is 9.31. The molecule has 2 N–H and O–H groups in total. The van der Waals surface area contributed by atoms with Crippen molar-refractivity contribution in [1.82, 2.24) is 15.0 Å². The molecule has 2 aromatic heterocycles. The largest absolute Gasteiger partial charge is 0.444 e. The van der Waals surface area contributed by atoms with Gasteiger partial charge in [0.25, 0.3) is 0 Å². The summed E-state index contributed by atoms with van der Waals surface area (Å²) < 4.78 is 5.29. The molecule has 2 heterocycles. The van der Waals surface area contributed by atoms with Crippen molar-refractivity contribution in [2.24, 2.45) is 0 Å². The highest BCUT2D eigenvalue weighted by molar-refractivity contribution is 5.63. The Morgan fingerprint density at radius 2 is 2.26 bits per heavy atom. The molecule has 96 valence electrons. The third-order valence-corrected chi connectivity index (χ3v) is 2.82. The summed E-state index contributed by atoms with van der Waals surface area (Å²) in [6, 6.07) is 8.03. The monoisotopic (exact) mass is 254 g/mol. The molecule has 19 heavy (non-hydrogen) atoms. The van der Waals surface area contributed by atoms with Crippen LogP contribution in [0.2, 0.25) is 0 Å². The Hall–Kier alpha value is -2.56. The molecule has 0 amide bonds. The third kappa shape index (κ3) is 2.65. The van der Waals surface area contributed by atoms with E-state index in [-0.39, 0.29) is 0 Å². The summed E-state index contributed by atoms with van der Waals surface area (Å²) in [7, 11) is 0. The second kappa shape index (κ2) is 4.97. The van der Waals surface area contributed by atoms with E-state index in [1.165, 1.54) is 6.39 Å². The van der Waals surface area contributed by atoms with E-state index in [0.717, 1.165) is 28.5 Å². The van der Waals surface area contributed by atoms with Gasteiger partial charge < -0.3 is 14.7 Å². The molecular formula is C14H14N4O. The molecule has 3 rings (SSSR count). The molecular weight excluding hydrogens is 240 g/mol. The fourth-order valence-corrected chi connectivity index (χ4v) is 1.90. The van der Waals surface area contributed by atoms with E-state index in [2.05, 4.69) is 20.3 Å². The standard InChI is InChI=1S/C14H14N4O/c1-10-16-6-13(18-10)7-17-12-4-2-3-11(5-12)14-8-15-9-19-14/h2-6,8-9,17H,7H2,1H3,(H,16,18). The number of hydrogen-bond acceptors (Lipinski definition) is 4. The smallest absolute Gasteiger partial charge is 0.181 e. The molecule has 0 radical (unpaired) electrons. The Morgan fingerprint density at radius 3 is 3.00 bits per heavy atom. The van der Waals surface area contributed by atoms with Crippen LogP contribution in [-0.4, -0.2) is 15.0 Å². The van der Waals surface area contributed by atoms with Crippen LogP contribution < -0.4 is 5.32 Å². The van der Waals surface area contributed by atoms with Gasteiger partial charge in [0.15, 0.2) is 12.2 Å². The van der Waals surface area contributed by atoms with Crippen molar-refractivity contribution in [2.75, 3.05) is 5.32 Å². The van der Waals surface area contributed by atoms with Crippen LogP contribution >= 0.6 is 0 Å². The van der Waals surface area contributed by atoms with Gasteiger partial charge in [-0.05, 0) is 19.1 Å². The normalized spacial score (nSPS) is 10.6. The quantitative estimate of drug-likeness (QED) is 0.751. The van der Waals surface area contributed by atoms with Gasteiger partial charge in [0, 0.05) is 11.3 Å². The van der Waals surface area contributed by atoms with E-state index in [1.54, 1.807) is 6.20 Å². The Kier molecular flexibility index (Phi) is 3.02. The number of aromatic nitrogens is 3. The van der Waals surface area contributed by atoms with Gasteiger partial charge in [-0.25, -0.2) is 9.97 Å². The van der Waals surface area contributed by atoms with Crippen LogP contribution in [0.5, 0.6) is 0 Å². The lowest BCUT2D eigenvalue weighted by atomic mass is 10.1. The summed E-state index contributed by atoms with van der Waals surface area (Å²) >= 11 is 0. The Labute approximate surface area is 110 Å². The van der Waals surface area contributed by atoms with Crippen LogP contribution in [0, 0.1) is 6.92 Å². The van der Waals surface area contributed by atoms with Gasteiger partial charge >= 0.3 is 0 Å². The van der Waals surface area contributed by atoms with E-state index in [1.807, 2.05) is 37.4 Å². The number of imidazole rings is 1. The summed E-state index contributed by atoms with van der Waals surface area (Å²) in [5.74, 6) is 1.69. The molecule has 0 spiro atoms. The van der Waals surface area contributed by atoms with Crippen molar-refractivity contribution in [3.8, 4) is 11.3 Å². The molecule has 1 aromatic carbocycles. The lowest BCUT2D eigenvalue weighted by Crippen LogP contribution is -1.99. The van der Waals surface area contributed by atoms with Gasteiger partial charge in [0.1, 0.15) is 5.82 Å². The van der Waals surface area contributed by atoms with E-state index in [9.17, 15) is 0 Å². The second-order valence-corrected chi connectivity index (χ2v) is 4.29. The minimum atomic E-state index is 0.709. The maximum atomic E-state index is 5.29. The number of nitrogens with one attached hydrogen (secondary N) is 2. The average molecular weight is 254 g/mol. The Morgan fingerprint density at radius 1 is 1.32 bits per heavy atom. The molecule has 3 aromatic rings. The van der Waals surface area contributed by atoms with Crippen LogP contribution in [0.4, 0.5) is 5.69 Å². The molecule has 0 aliphatic carbocycles. The molecule has 0 fully saturated rings. The molecule has 0 atom stereocenters. The van der Waals surface area contributed by atoms with E-state index in [4.69, 9.17) is 4.42 Å². The van der Waals surface area contributed by atoms with Gasteiger partial charge in [-0.1, -0.05) is 12.1 Å². The lowest BCUT2D eigenvalue weighted by molar-refractivity contribution is 0.572. The number of nitrogens with zero attached hydrogens (tertiary/aromatic N) is 2. The van der Waals surface area contributed by atoms with Crippen molar-refractivity contribution in [3.63, 3.8) is 0 Å². The number of hydrogen-bond donors (Lipinski definition) is 2. The number of rotatable bonds is 4. The summed E-state index contributed by atoms with van der Waals surface area (Å²) in [5.41, 5.74) is 3.09. The molecule has 0 aliphatic rings. The second-order valence-electron chi connectivity index (χ2n) is 4.29. The zero-order valence-electron chi connectivity index (χ0n) is 10.6. The topological polar surface area (TPSA) is 66.7 Å². The van der Waals surface area contributed by atoms with Crippen LogP contribution in [0.3, 0.4) is 0 Å². The number of H-pyrrole nitrogens is 1. The SMILES string of the molecule is Cc1ncc(CNc2cccc(-c3cnco3)c2)[nH]1. The summed E-state index contributed by atoms with van der Waals surface area (Å²) in [5, 5.41) is 3.34. The fraction of sp³-hybridized carbons (Fsp3) is 0.143. The van der Waals surface area contributed by atoms with Crippen LogP contribution in [-0.2, 0) is 6.54 Å². The predicted octanol–water partition coefficient (Wildman–Crippen LogP) is 2.99. The van der Waals surface area contributed by atoms with Gasteiger partial charge in [-0.3, -0.25) is 0 Å². The molecule has 0 aliphatic heterocycles. The Bertz CT molecular complexity index is 658. The van der Waals surface area contributed by atoms with E-state index in [0.29, 0.717) is 6.54 Å². The van der Waals surface area contributed by atoms with Crippen molar-refractivity contribution in [1.29, 1.82) is 0 Å². The predicted molar refractivity (Wildman–Crippen MR) is 72.6 cm³/mol. The minimum absolute atomic E-state index is 0.709. The highest BCUT2D eigenvalue weighted by Gasteiger charge is 2.02.